The Balaban J connectivity index is 1.89. The average molecular weight is 448 g/mol. The van der Waals surface area contributed by atoms with Crippen LogP contribution in [0.4, 0.5) is 5.69 Å². The Morgan fingerprint density at radius 3 is 2.50 bits per heavy atom. The smallest absolute Gasteiger partial charge is 0.276 e. The Hall–Kier alpha value is -3.17. The molecule has 30 heavy (non-hydrogen) atoms. The second kappa shape index (κ2) is 9.10. The van der Waals surface area contributed by atoms with Crippen molar-refractivity contribution in [2.45, 2.75) is 10.9 Å². The summed E-state index contributed by atoms with van der Waals surface area (Å²) in [7, 11) is -0.937. The van der Waals surface area contributed by atoms with Crippen LogP contribution in [0.2, 0.25) is 5.02 Å². The first-order valence-corrected chi connectivity index (χ1v) is 10.7. The largest absolute Gasteiger partial charge is 0.497 e. The van der Waals surface area contributed by atoms with Gasteiger partial charge in [-0.1, -0.05) is 41.9 Å². The lowest BCUT2D eigenvalue weighted by Crippen LogP contribution is -2.18. The van der Waals surface area contributed by atoms with Gasteiger partial charge in [-0.15, -0.1) is 0 Å². The van der Waals surface area contributed by atoms with Crippen molar-refractivity contribution in [3.63, 3.8) is 0 Å². The molecule has 0 radical (unpaired) electrons. The van der Waals surface area contributed by atoms with Crippen LogP contribution in [-0.2, 0) is 15.6 Å². The molecule has 1 aromatic heterocycles. The summed E-state index contributed by atoms with van der Waals surface area (Å²) in [5.74, 6) is -0.117. The molecule has 0 unspecified atom stereocenters. The molecule has 0 bridgehead atoms. The molecule has 1 heterocycles. The second-order valence-corrected chi connectivity index (χ2v) is 8.40. The zero-order valence-corrected chi connectivity index (χ0v) is 17.7. The van der Waals surface area contributed by atoms with Crippen LogP contribution in [0.3, 0.4) is 0 Å². The molecule has 3 rings (SSSR count). The average Bonchev–Trinajstić information content (AvgIpc) is 2.74. The number of carbonyl (C=O) groups excluding carboxylic acids is 1. The first-order valence-electron chi connectivity index (χ1n) is 8.66. The van der Waals surface area contributed by atoms with Gasteiger partial charge in [0.25, 0.3) is 5.91 Å². The van der Waals surface area contributed by atoms with Crippen LogP contribution in [-0.4, -0.2) is 38.5 Å². The third-order valence-corrected chi connectivity index (χ3v) is 5.81. The topological polar surface area (TPSA) is 107 Å². The number of aromatic nitrogens is 2. The number of sulfone groups is 1. The van der Waals surface area contributed by atoms with Crippen molar-refractivity contribution in [3.05, 3.63) is 71.0 Å². The van der Waals surface area contributed by atoms with E-state index >= 15 is 0 Å². The zero-order chi connectivity index (χ0) is 21.7. The Kier molecular flexibility index (Phi) is 6.53. The van der Waals surface area contributed by atoms with Gasteiger partial charge in [-0.05, 0) is 17.7 Å². The molecule has 156 valence electrons. The van der Waals surface area contributed by atoms with Crippen LogP contribution >= 0.6 is 11.6 Å². The molecular formula is C20H18ClN3O5S. The molecule has 0 aliphatic rings. The molecule has 1 amide bonds. The van der Waals surface area contributed by atoms with Crippen molar-refractivity contribution in [1.82, 2.24) is 9.97 Å². The number of carbonyl (C=O) groups is 1. The van der Waals surface area contributed by atoms with Gasteiger partial charge in [0, 0.05) is 6.07 Å². The van der Waals surface area contributed by atoms with Crippen LogP contribution in [0.15, 0.2) is 59.9 Å². The van der Waals surface area contributed by atoms with Crippen LogP contribution in [0.5, 0.6) is 11.5 Å². The molecular weight excluding hydrogens is 430 g/mol. The van der Waals surface area contributed by atoms with Gasteiger partial charge in [-0.25, -0.2) is 18.4 Å². The summed E-state index contributed by atoms with van der Waals surface area (Å²) < 4.78 is 35.7. The van der Waals surface area contributed by atoms with Crippen molar-refractivity contribution in [2.24, 2.45) is 0 Å². The molecule has 1 N–H and O–H groups in total. The van der Waals surface area contributed by atoms with Gasteiger partial charge in [0.05, 0.1) is 36.9 Å². The van der Waals surface area contributed by atoms with Gasteiger partial charge in [0.1, 0.15) is 11.5 Å². The monoisotopic (exact) mass is 447 g/mol. The van der Waals surface area contributed by atoms with Gasteiger partial charge in [0.2, 0.25) is 15.0 Å². The van der Waals surface area contributed by atoms with Crippen LogP contribution in [0.1, 0.15) is 16.1 Å². The van der Waals surface area contributed by atoms with E-state index in [0.717, 1.165) is 6.20 Å². The number of amides is 1. The van der Waals surface area contributed by atoms with Gasteiger partial charge in [-0.3, -0.25) is 4.79 Å². The van der Waals surface area contributed by atoms with Crippen LogP contribution in [0, 0.1) is 0 Å². The number of rotatable bonds is 7. The fourth-order valence-corrected chi connectivity index (χ4v) is 3.98. The molecule has 0 fully saturated rings. The summed E-state index contributed by atoms with van der Waals surface area (Å²) in [6.07, 6.45) is 1.09. The number of hydrogen-bond donors (Lipinski definition) is 1. The highest BCUT2D eigenvalue weighted by molar-refractivity contribution is 7.90. The highest BCUT2D eigenvalue weighted by atomic mass is 35.5. The van der Waals surface area contributed by atoms with Crippen molar-refractivity contribution in [3.8, 4) is 11.5 Å². The minimum Gasteiger partial charge on any atom is -0.497 e. The third kappa shape index (κ3) is 4.87. The van der Waals surface area contributed by atoms with E-state index in [4.69, 9.17) is 21.1 Å². The number of ether oxygens (including phenoxy) is 2. The van der Waals surface area contributed by atoms with E-state index in [-0.39, 0.29) is 16.5 Å². The number of benzene rings is 2. The first-order chi connectivity index (χ1) is 14.3. The Morgan fingerprint density at radius 1 is 1.10 bits per heavy atom. The minimum atomic E-state index is -3.88. The number of halogens is 1. The molecule has 0 spiro atoms. The molecule has 0 aliphatic heterocycles. The highest BCUT2D eigenvalue weighted by Crippen LogP contribution is 2.30. The van der Waals surface area contributed by atoms with E-state index in [2.05, 4.69) is 15.3 Å². The zero-order valence-electron chi connectivity index (χ0n) is 16.1. The van der Waals surface area contributed by atoms with E-state index < -0.39 is 20.9 Å². The van der Waals surface area contributed by atoms with E-state index in [9.17, 15) is 13.2 Å². The molecule has 8 nitrogen and oxygen atoms in total. The first kappa shape index (κ1) is 21.5. The van der Waals surface area contributed by atoms with Gasteiger partial charge in [0.15, 0.2) is 5.69 Å². The maximum absolute atomic E-state index is 12.7. The van der Waals surface area contributed by atoms with E-state index in [1.165, 1.54) is 14.2 Å². The van der Waals surface area contributed by atoms with E-state index in [0.29, 0.717) is 22.7 Å². The lowest BCUT2D eigenvalue weighted by atomic mass is 10.2. The maximum atomic E-state index is 12.7. The number of methoxy groups -OCH3 is 2. The summed E-state index contributed by atoms with van der Waals surface area (Å²) in [6.45, 7) is 0. The van der Waals surface area contributed by atoms with Gasteiger partial charge in [-0.2, -0.15) is 0 Å². The molecule has 0 aliphatic carbocycles. The third-order valence-electron chi connectivity index (χ3n) is 4.07. The quantitative estimate of drug-likeness (QED) is 0.553. The number of anilines is 1. The molecule has 3 aromatic rings. The molecule has 2 aromatic carbocycles. The SMILES string of the molecule is COc1ccc(NC(=O)c2nc(S(=O)(=O)Cc3ccccc3)ncc2Cl)c(OC)c1. The lowest BCUT2D eigenvalue weighted by Gasteiger charge is -2.12. The maximum Gasteiger partial charge on any atom is 0.276 e. The van der Waals surface area contributed by atoms with Crippen molar-refractivity contribution < 1.29 is 22.7 Å². The fraction of sp³-hybridized carbons (Fsp3) is 0.150. The summed E-state index contributed by atoms with van der Waals surface area (Å²) in [4.78, 5) is 20.4. The predicted molar refractivity (Wildman–Crippen MR) is 112 cm³/mol. The molecule has 10 heteroatoms. The number of nitrogens with one attached hydrogen (secondary N) is 1. The van der Waals surface area contributed by atoms with E-state index in [1.807, 2.05) is 0 Å². The van der Waals surface area contributed by atoms with Crippen molar-refractivity contribution in [1.29, 1.82) is 0 Å². The molecule has 0 atom stereocenters. The van der Waals surface area contributed by atoms with Crippen molar-refractivity contribution in [2.75, 3.05) is 19.5 Å². The number of nitrogens with zero attached hydrogens (tertiary/aromatic N) is 2. The van der Waals surface area contributed by atoms with Crippen molar-refractivity contribution >= 4 is 33.0 Å². The van der Waals surface area contributed by atoms with Gasteiger partial charge < -0.3 is 14.8 Å². The van der Waals surface area contributed by atoms with Crippen LogP contribution in [0.25, 0.3) is 0 Å². The number of hydrogen-bond acceptors (Lipinski definition) is 7. The molecule has 0 saturated carbocycles. The molecule has 0 saturated heterocycles. The lowest BCUT2D eigenvalue weighted by molar-refractivity contribution is 0.102. The highest BCUT2D eigenvalue weighted by Gasteiger charge is 2.23. The fourth-order valence-electron chi connectivity index (χ4n) is 2.60. The summed E-state index contributed by atoms with van der Waals surface area (Å²) in [5.41, 5.74) is 0.646. The Bertz CT molecular complexity index is 1170. The second-order valence-electron chi connectivity index (χ2n) is 6.11. The Morgan fingerprint density at radius 2 is 1.83 bits per heavy atom. The van der Waals surface area contributed by atoms with Gasteiger partial charge >= 0.3 is 0 Å². The predicted octanol–water partition coefficient (Wildman–Crippen LogP) is 3.37. The summed E-state index contributed by atoms with van der Waals surface area (Å²) in [5, 5.41) is 2.04. The summed E-state index contributed by atoms with van der Waals surface area (Å²) >= 11 is 6.06. The van der Waals surface area contributed by atoms with E-state index in [1.54, 1.807) is 48.5 Å². The van der Waals surface area contributed by atoms with Crippen LogP contribution < -0.4 is 14.8 Å². The Labute approximate surface area is 178 Å². The normalized spacial score (nSPS) is 11.0. The summed E-state index contributed by atoms with van der Waals surface area (Å²) in [6, 6.07) is 13.4. The standard InChI is InChI=1S/C20H18ClN3O5S/c1-28-14-8-9-16(17(10-14)29-2)23-19(25)18-15(21)11-22-20(24-18)30(26,27)12-13-6-4-3-5-7-13/h3-11H,12H2,1-2H3,(H,23,25). The minimum absolute atomic E-state index is 0.0846.